The average molecular weight is 714 g/mol. The van der Waals surface area contributed by atoms with Gasteiger partial charge in [0.2, 0.25) is 21.8 Å². The average Bonchev–Trinajstić information content (AvgIpc) is 3.29. The molecular formula is C34H54Cl2N6O4S. The van der Waals surface area contributed by atoms with Crippen LogP contribution < -0.4 is 10.0 Å². The van der Waals surface area contributed by atoms with E-state index in [1.54, 1.807) is 12.1 Å². The number of likely N-dealkylation sites (tertiary alicyclic amines) is 1. The predicted octanol–water partition coefficient (Wildman–Crippen LogP) is 5.45. The summed E-state index contributed by atoms with van der Waals surface area (Å²) in [5.74, 6) is 0.398. The quantitative estimate of drug-likeness (QED) is 0.320. The van der Waals surface area contributed by atoms with Gasteiger partial charge in [0.15, 0.2) is 0 Å². The molecule has 5 rings (SSSR count). The lowest BCUT2D eigenvalue weighted by Crippen LogP contribution is -2.73. The molecule has 1 spiro atoms. The summed E-state index contributed by atoms with van der Waals surface area (Å²) in [7, 11) is -3.57. The summed E-state index contributed by atoms with van der Waals surface area (Å²) in [5.41, 5.74) is 3.10. The van der Waals surface area contributed by atoms with Crippen LogP contribution in [-0.4, -0.2) is 77.1 Å². The minimum atomic E-state index is -3.57. The number of unbranched alkanes of at least 4 members (excludes halogenated alkanes) is 1. The van der Waals surface area contributed by atoms with E-state index in [4.69, 9.17) is 5.10 Å². The van der Waals surface area contributed by atoms with Crippen LogP contribution in [0.25, 0.3) is 5.69 Å². The minimum absolute atomic E-state index is 0. The molecule has 1 aromatic carbocycles. The highest BCUT2D eigenvalue weighted by Crippen LogP contribution is 2.35. The first-order valence-corrected chi connectivity index (χ1v) is 18.5. The van der Waals surface area contributed by atoms with Crippen molar-refractivity contribution in [1.82, 2.24) is 29.6 Å². The van der Waals surface area contributed by atoms with Crippen molar-refractivity contribution in [1.29, 1.82) is 0 Å². The van der Waals surface area contributed by atoms with E-state index in [2.05, 4.69) is 35.7 Å². The lowest BCUT2D eigenvalue weighted by Gasteiger charge is -2.52. The van der Waals surface area contributed by atoms with Crippen molar-refractivity contribution in [3.63, 3.8) is 0 Å². The number of aromatic nitrogens is 2. The number of nitrogens with one attached hydrogen (secondary N) is 2. The Kier molecular flexibility index (Phi) is 13.8. The standard InChI is InChI=1S/C34H52N6O4S.2ClH/c1-6-7-19-39-32(41)31(22-24(2)3)35-33(42)34(39)17-20-38(21-18-34)23-30-25(4)36-40(26(30)5)28-13-15-29(16-14-28)45(43,44)37-27-11-9-8-10-12-27;;/h13-16,24,27,31,37H,6-12,17-23H2,1-5H3,(H,35,42);2*1H/t31-;;/m0../s1. The van der Waals surface area contributed by atoms with Crippen LogP contribution in [0.5, 0.6) is 0 Å². The maximum Gasteiger partial charge on any atom is 0.246 e. The second kappa shape index (κ2) is 16.5. The lowest BCUT2D eigenvalue weighted by atomic mass is 9.80. The summed E-state index contributed by atoms with van der Waals surface area (Å²) in [4.78, 5) is 31.8. The van der Waals surface area contributed by atoms with Gasteiger partial charge in [-0.1, -0.05) is 46.5 Å². The Morgan fingerprint density at radius 3 is 2.26 bits per heavy atom. The number of rotatable bonds is 11. The van der Waals surface area contributed by atoms with E-state index in [-0.39, 0.29) is 47.6 Å². The Bertz CT molecular complexity index is 1470. The zero-order valence-electron chi connectivity index (χ0n) is 28.6. The van der Waals surface area contributed by atoms with Crippen LogP contribution in [-0.2, 0) is 26.2 Å². The van der Waals surface area contributed by atoms with Crippen molar-refractivity contribution in [2.75, 3.05) is 19.6 Å². The number of carbonyl (C=O) groups is 2. The van der Waals surface area contributed by atoms with E-state index in [1.807, 2.05) is 35.6 Å². The monoisotopic (exact) mass is 712 g/mol. The van der Waals surface area contributed by atoms with Gasteiger partial charge in [-0.2, -0.15) is 5.10 Å². The van der Waals surface area contributed by atoms with Gasteiger partial charge >= 0.3 is 0 Å². The predicted molar refractivity (Wildman–Crippen MR) is 190 cm³/mol. The molecule has 3 aliphatic rings. The number of aryl methyl sites for hydroxylation is 1. The van der Waals surface area contributed by atoms with Gasteiger partial charge in [0.25, 0.3) is 0 Å². The molecule has 2 N–H and O–H groups in total. The third-order valence-electron chi connectivity index (χ3n) is 10.1. The summed E-state index contributed by atoms with van der Waals surface area (Å²) in [6, 6.07) is 6.54. The Morgan fingerprint density at radius 1 is 1.02 bits per heavy atom. The number of nitrogens with zero attached hydrogens (tertiary/aromatic N) is 4. The van der Waals surface area contributed by atoms with Crippen LogP contribution in [0, 0.1) is 19.8 Å². The van der Waals surface area contributed by atoms with Crippen molar-refractivity contribution < 1.29 is 18.0 Å². The summed E-state index contributed by atoms with van der Waals surface area (Å²) in [6.45, 7) is 13.1. The maximum atomic E-state index is 13.6. The molecule has 2 amide bonds. The van der Waals surface area contributed by atoms with Gasteiger partial charge < -0.3 is 10.2 Å². The molecule has 2 aliphatic heterocycles. The van der Waals surface area contributed by atoms with Crippen LogP contribution in [0.15, 0.2) is 29.2 Å². The van der Waals surface area contributed by atoms with Crippen LogP contribution in [0.3, 0.4) is 0 Å². The first-order chi connectivity index (χ1) is 21.4. The zero-order valence-corrected chi connectivity index (χ0v) is 31.0. The van der Waals surface area contributed by atoms with E-state index in [0.29, 0.717) is 51.4 Å². The van der Waals surface area contributed by atoms with Gasteiger partial charge in [-0.25, -0.2) is 17.8 Å². The molecule has 3 heterocycles. The summed E-state index contributed by atoms with van der Waals surface area (Å²) in [6.07, 6.45) is 8.83. The molecule has 1 aliphatic carbocycles. The molecule has 13 heteroatoms. The molecule has 0 bridgehead atoms. The Hall–Kier alpha value is -2.18. The van der Waals surface area contributed by atoms with Crippen molar-refractivity contribution in [2.24, 2.45) is 5.92 Å². The number of amides is 2. The first kappa shape index (κ1) is 39.3. The number of benzene rings is 1. The van der Waals surface area contributed by atoms with Gasteiger partial charge in [0.1, 0.15) is 11.6 Å². The van der Waals surface area contributed by atoms with Gasteiger partial charge in [0, 0.05) is 43.5 Å². The van der Waals surface area contributed by atoms with Crippen LogP contribution in [0.1, 0.15) is 102 Å². The van der Waals surface area contributed by atoms with Crippen molar-refractivity contribution in [3.8, 4) is 5.69 Å². The molecule has 1 saturated carbocycles. The first-order valence-electron chi connectivity index (χ1n) is 17.0. The Labute approximate surface area is 293 Å². The molecular weight excluding hydrogens is 659 g/mol. The molecule has 1 aromatic heterocycles. The fourth-order valence-electron chi connectivity index (χ4n) is 7.38. The molecule has 2 aromatic rings. The number of piperidine rings is 1. The Morgan fingerprint density at radius 2 is 1.66 bits per heavy atom. The third-order valence-corrected chi connectivity index (χ3v) is 11.6. The van der Waals surface area contributed by atoms with E-state index in [9.17, 15) is 18.0 Å². The summed E-state index contributed by atoms with van der Waals surface area (Å²) < 4.78 is 30.8. The molecule has 264 valence electrons. The highest BCUT2D eigenvalue weighted by atomic mass is 35.5. The highest BCUT2D eigenvalue weighted by Gasteiger charge is 2.53. The maximum absolute atomic E-state index is 13.6. The number of sulfonamides is 1. The molecule has 1 atom stereocenters. The van der Waals surface area contributed by atoms with Crippen molar-refractivity contribution in [2.45, 2.75) is 128 Å². The summed E-state index contributed by atoms with van der Waals surface area (Å²) in [5, 5.41) is 7.92. The van der Waals surface area contributed by atoms with Gasteiger partial charge in [-0.3, -0.25) is 14.5 Å². The molecule has 47 heavy (non-hydrogen) atoms. The number of carbonyl (C=O) groups excluding carboxylic acids is 2. The smallest absolute Gasteiger partial charge is 0.246 e. The van der Waals surface area contributed by atoms with Crippen molar-refractivity contribution >= 4 is 46.7 Å². The minimum Gasteiger partial charge on any atom is -0.342 e. The molecule has 0 radical (unpaired) electrons. The van der Waals surface area contributed by atoms with Crippen LogP contribution in [0.4, 0.5) is 0 Å². The van der Waals surface area contributed by atoms with E-state index >= 15 is 0 Å². The van der Waals surface area contributed by atoms with E-state index in [0.717, 1.165) is 61.2 Å². The second-order valence-electron chi connectivity index (χ2n) is 13.8. The molecule has 3 fully saturated rings. The number of halogens is 2. The second-order valence-corrected chi connectivity index (χ2v) is 15.5. The van der Waals surface area contributed by atoms with Gasteiger partial charge in [0.05, 0.1) is 16.3 Å². The highest BCUT2D eigenvalue weighted by molar-refractivity contribution is 7.89. The van der Waals surface area contributed by atoms with Crippen molar-refractivity contribution in [3.05, 3.63) is 41.2 Å². The fraction of sp³-hybridized carbons (Fsp3) is 0.676. The largest absolute Gasteiger partial charge is 0.342 e. The SMILES string of the molecule is CCCCN1C(=O)[C@H](CC(C)C)NC(=O)C12CCN(Cc1c(C)nn(-c3ccc(S(=O)(=O)NC4CCCCC4)cc3)c1C)CC2.Cl.Cl. The Balaban J connectivity index is 0.00000300. The van der Waals surface area contributed by atoms with Gasteiger partial charge in [-0.15, -0.1) is 24.8 Å². The molecule has 0 unspecified atom stereocenters. The van der Waals surface area contributed by atoms with Crippen LogP contribution in [0.2, 0.25) is 0 Å². The zero-order chi connectivity index (χ0) is 32.4. The van der Waals surface area contributed by atoms with Gasteiger partial charge in [-0.05, 0) is 82.6 Å². The normalized spacial score (nSPS) is 20.6. The van der Waals surface area contributed by atoms with E-state index in [1.165, 1.54) is 6.42 Å². The number of hydrogen-bond acceptors (Lipinski definition) is 6. The topological polar surface area (TPSA) is 117 Å². The number of hydrogen-bond donors (Lipinski definition) is 2. The fourth-order valence-corrected chi connectivity index (χ4v) is 8.68. The lowest BCUT2D eigenvalue weighted by molar-refractivity contribution is -0.161. The van der Waals surface area contributed by atoms with E-state index < -0.39 is 21.6 Å². The third kappa shape index (κ3) is 8.52. The molecule has 10 nitrogen and oxygen atoms in total. The van der Waals surface area contributed by atoms with Crippen LogP contribution >= 0.6 is 24.8 Å². The molecule has 2 saturated heterocycles. The summed E-state index contributed by atoms with van der Waals surface area (Å²) >= 11 is 0. The number of piperazine rings is 1.